The van der Waals surface area contributed by atoms with E-state index in [0.717, 1.165) is 29.2 Å². The van der Waals surface area contributed by atoms with Crippen molar-refractivity contribution in [1.82, 2.24) is 9.97 Å². The number of fused-ring (bicyclic) bond motifs is 1. The zero-order valence-corrected chi connectivity index (χ0v) is 9.80. The van der Waals surface area contributed by atoms with Gasteiger partial charge in [0.2, 0.25) is 5.88 Å². The van der Waals surface area contributed by atoms with E-state index in [0.29, 0.717) is 11.7 Å². The zero-order valence-electron chi connectivity index (χ0n) is 8.99. The molecule has 0 aromatic carbocycles. The van der Waals surface area contributed by atoms with Gasteiger partial charge in [-0.3, -0.25) is 0 Å². The molecule has 0 fully saturated rings. The molecule has 82 valence electrons. The van der Waals surface area contributed by atoms with Crippen molar-refractivity contribution in [2.24, 2.45) is 5.73 Å². The number of nitrogens with two attached hydrogens (primary N) is 1. The highest BCUT2D eigenvalue weighted by atomic mass is 32.2. The molecule has 0 amide bonds. The summed E-state index contributed by atoms with van der Waals surface area (Å²) in [7, 11) is 1.65. The Bertz CT molecular complexity index is 351. The zero-order chi connectivity index (χ0) is 10.8. The summed E-state index contributed by atoms with van der Waals surface area (Å²) in [6.45, 7) is 1.89. The van der Waals surface area contributed by atoms with Gasteiger partial charge in [-0.25, -0.2) is 4.98 Å². The van der Waals surface area contributed by atoms with Crippen molar-refractivity contribution >= 4 is 11.8 Å². The molecule has 15 heavy (non-hydrogen) atoms. The minimum Gasteiger partial charge on any atom is -0.481 e. The van der Waals surface area contributed by atoms with E-state index < -0.39 is 0 Å². The lowest BCUT2D eigenvalue weighted by molar-refractivity contribution is 0.387. The number of methoxy groups -OCH3 is 1. The number of rotatable bonds is 2. The van der Waals surface area contributed by atoms with Crippen LogP contribution in [0.3, 0.4) is 0 Å². The molecule has 5 heteroatoms. The molecule has 0 aliphatic carbocycles. The van der Waals surface area contributed by atoms with Crippen LogP contribution in [-0.4, -0.2) is 22.8 Å². The summed E-state index contributed by atoms with van der Waals surface area (Å²) in [5.74, 6) is 3.43. The Labute approximate surface area is 93.6 Å². The lowest BCUT2D eigenvalue weighted by atomic mass is 10.1. The van der Waals surface area contributed by atoms with E-state index in [-0.39, 0.29) is 6.04 Å². The van der Waals surface area contributed by atoms with Crippen LogP contribution in [0.25, 0.3) is 0 Å². The summed E-state index contributed by atoms with van der Waals surface area (Å²) >= 11 is 1.89. The fourth-order valence-corrected chi connectivity index (χ4v) is 2.54. The smallest absolute Gasteiger partial charge is 0.219 e. The van der Waals surface area contributed by atoms with Gasteiger partial charge in [-0.2, -0.15) is 16.7 Å². The Morgan fingerprint density at radius 3 is 2.93 bits per heavy atom. The molecule has 1 unspecified atom stereocenters. The highest BCUT2D eigenvalue weighted by Crippen LogP contribution is 2.29. The standard InChI is InChI=1S/C10H15N3OS/c1-6(11)9-12-8-5-15-4-3-7(8)10(13-9)14-2/h6H,3-5,11H2,1-2H3. The van der Waals surface area contributed by atoms with Gasteiger partial charge < -0.3 is 10.5 Å². The van der Waals surface area contributed by atoms with E-state index in [1.807, 2.05) is 18.7 Å². The molecule has 1 aliphatic heterocycles. The minimum absolute atomic E-state index is 0.142. The van der Waals surface area contributed by atoms with Crippen LogP contribution in [0, 0.1) is 0 Å². The molecular formula is C10H15N3OS. The quantitative estimate of drug-likeness (QED) is 0.822. The van der Waals surface area contributed by atoms with Gasteiger partial charge in [0.15, 0.2) is 0 Å². The van der Waals surface area contributed by atoms with E-state index in [4.69, 9.17) is 10.5 Å². The van der Waals surface area contributed by atoms with Crippen LogP contribution in [0.2, 0.25) is 0 Å². The maximum atomic E-state index is 5.78. The first-order valence-electron chi connectivity index (χ1n) is 4.99. The van der Waals surface area contributed by atoms with Crippen LogP contribution < -0.4 is 10.5 Å². The van der Waals surface area contributed by atoms with Crippen LogP contribution in [-0.2, 0) is 12.2 Å². The molecule has 0 bridgehead atoms. The van der Waals surface area contributed by atoms with Crippen LogP contribution in [0.4, 0.5) is 0 Å². The van der Waals surface area contributed by atoms with E-state index in [1.54, 1.807) is 7.11 Å². The molecular weight excluding hydrogens is 210 g/mol. The Balaban J connectivity index is 2.48. The third-order valence-electron chi connectivity index (χ3n) is 2.41. The molecule has 2 N–H and O–H groups in total. The average molecular weight is 225 g/mol. The van der Waals surface area contributed by atoms with Crippen molar-refractivity contribution in [2.75, 3.05) is 12.9 Å². The molecule has 2 heterocycles. The highest BCUT2D eigenvalue weighted by molar-refractivity contribution is 7.98. The SMILES string of the molecule is COc1nc(C(C)N)nc2c1CCSC2. The number of aromatic nitrogens is 2. The maximum Gasteiger partial charge on any atom is 0.219 e. The molecule has 1 aromatic rings. The van der Waals surface area contributed by atoms with E-state index in [9.17, 15) is 0 Å². The molecule has 0 saturated carbocycles. The summed E-state index contributed by atoms with van der Waals surface area (Å²) in [4.78, 5) is 8.82. The van der Waals surface area contributed by atoms with Crippen molar-refractivity contribution in [3.63, 3.8) is 0 Å². The van der Waals surface area contributed by atoms with Gasteiger partial charge in [0.25, 0.3) is 0 Å². The predicted molar refractivity (Wildman–Crippen MR) is 61.1 cm³/mol. The minimum atomic E-state index is -0.142. The molecule has 1 aliphatic rings. The summed E-state index contributed by atoms with van der Waals surface area (Å²) in [6.07, 6.45) is 0.988. The fraction of sp³-hybridized carbons (Fsp3) is 0.600. The van der Waals surface area contributed by atoms with Crippen molar-refractivity contribution < 1.29 is 4.74 Å². The van der Waals surface area contributed by atoms with Gasteiger partial charge in [-0.05, 0) is 19.1 Å². The van der Waals surface area contributed by atoms with Gasteiger partial charge in [0.05, 0.1) is 18.8 Å². The van der Waals surface area contributed by atoms with Gasteiger partial charge in [-0.15, -0.1) is 0 Å². The molecule has 1 aromatic heterocycles. The van der Waals surface area contributed by atoms with Gasteiger partial charge in [-0.1, -0.05) is 0 Å². The number of thioether (sulfide) groups is 1. The summed E-state index contributed by atoms with van der Waals surface area (Å²) in [6, 6.07) is -0.142. The first-order valence-corrected chi connectivity index (χ1v) is 6.15. The Kier molecular flexibility index (Phi) is 3.11. The molecule has 4 nitrogen and oxygen atoms in total. The first kappa shape index (κ1) is 10.7. The summed E-state index contributed by atoms with van der Waals surface area (Å²) < 4.78 is 5.29. The van der Waals surface area contributed by atoms with Crippen LogP contribution in [0.15, 0.2) is 0 Å². The lowest BCUT2D eigenvalue weighted by Crippen LogP contribution is -2.16. The second-order valence-corrected chi connectivity index (χ2v) is 4.71. The van der Waals surface area contributed by atoms with E-state index >= 15 is 0 Å². The third-order valence-corrected chi connectivity index (χ3v) is 3.38. The second-order valence-electron chi connectivity index (χ2n) is 3.61. The largest absolute Gasteiger partial charge is 0.481 e. The van der Waals surface area contributed by atoms with Crippen LogP contribution in [0.5, 0.6) is 5.88 Å². The molecule has 2 rings (SSSR count). The Morgan fingerprint density at radius 1 is 1.47 bits per heavy atom. The molecule has 0 saturated heterocycles. The third kappa shape index (κ3) is 2.08. The van der Waals surface area contributed by atoms with Gasteiger partial charge in [0, 0.05) is 11.3 Å². The van der Waals surface area contributed by atoms with Gasteiger partial charge >= 0.3 is 0 Å². The highest BCUT2D eigenvalue weighted by Gasteiger charge is 2.19. The second kappa shape index (κ2) is 4.37. The lowest BCUT2D eigenvalue weighted by Gasteiger charge is -2.18. The van der Waals surface area contributed by atoms with Gasteiger partial charge in [0.1, 0.15) is 5.82 Å². The van der Waals surface area contributed by atoms with E-state index in [1.165, 1.54) is 0 Å². The molecule has 0 radical (unpaired) electrons. The predicted octanol–water partition coefficient (Wildman–Crippen LogP) is 1.29. The Hall–Kier alpha value is -0.810. The van der Waals surface area contributed by atoms with Crippen molar-refractivity contribution in [3.8, 4) is 5.88 Å². The van der Waals surface area contributed by atoms with Crippen molar-refractivity contribution in [1.29, 1.82) is 0 Å². The maximum absolute atomic E-state index is 5.78. The van der Waals surface area contributed by atoms with Crippen molar-refractivity contribution in [3.05, 3.63) is 17.1 Å². The van der Waals surface area contributed by atoms with Crippen LogP contribution in [0.1, 0.15) is 30.0 Å². The normalized spacial score (nSPS) is 17.0. The number of hydrogen-bond acceptors (Lipinski definition) is 5. The monoisotopic (exact) mass is 225 g/mol. The number of ether oxygens (including phenoxy) is 1. The van der Waals surface area contributed by atoms with Crippen molar-refractivity contribution in [2.45, 2.75) is 25.1 Å². The average Bonchev–Trinajstić information content (AvgIpc) is 2.27. The van der Waals surface area contributed by atoms with Crippen LogP contribution >= 0.6 is 11.8 Å². The fourth-order valence-electron chi connectivity index (χ4n) is 1.61. The first-order chi connectivity index (χ1) is 7.22. The molecule has 1 atom stereocenters. The summed E-state index contributed by atoms with van der Waals surface area (Å²) in [5, 5.41) is 0. The molecule has 0 spiro atoms. The topological polar surface area (TPSA) is 61.0 Å². The summed E-state index contributed by atoms with van der Waals surface area (Å²) in [5.41, 5.74) is 8.02. The number of hydrogen-bond donors (Lipinski definition) is 1. The number of nitrogens with zero attached hydrogens (tertiary/aromatic N) is 2. The Morgan fingerprint density at radius 2 is 2.27 bits per heavy atom. The van der Waals surface area contributed by atoms with E-state index in [2.05, 4.69) is 9.97 Å².